The predicted octanol–water partition coefficient (Wildman–Crippen LogP) is 1.64. The normalized spacial score (nSPS) is 21.8. The van der Waals surface area contributed by atoms with Gasteiger partial charge in [-0.05, 0) is 30.5 Å². The van der Waals surface area contributed by atoms with Crippen LogP contribution < -0.4 is 20.5 Å². The van der Waals surface area contributed by atoms with Gasteiger partial charge < -0.3 is 25.6 Å². The monoisotopic (exact) mass is 314 g/mol. The first kappa shape index (κ1) is 14.1. The molecule has 7 heteroatoms. The summed E-state index contributed by atoms with van der Waals surface area (Å²) in [5.74, 6) is 2.73. The van der Waals surface area contributed by atoms with Gasteiger partial charge in [0.25, 0.3) is 0 Å². The summed E-state index contributed by atoms with van der Waals surface area (Å²) in [7, 11) is 0. The average Bonchev–Trinajstić information content (AvgIpc) is 2.97. The fourth-order valence-corrected chi connectivity index (χ4v) is 2.86. The zero-order chi connectivity index (χ0) is 15.8. The molecule has 23 heavy (non-hydrogen) atoms. The van der Waals surface area contributed by atoms with E-state index in [1.807, 2.05) is 24.3 Å². The second kappa shape index (κ2) is 5.58. The van der Waals surface area contributed by atoms with Crippen LogP contribution in [0.4, 0.5) is 11.8 Å². The molecule has 120 valence electrons. The number of fused-ring (bicyclic) bond motifs is 1. The molecule has 4 N–H and O–H groups in total. The number of nitrogens with two attached hydrogens (primary N) is 1. The zero-order valence-corrected chi connectivity index (χ0v) is 12.5. The molecule has 1 saturated carbocycles. The van der Waals surface area contributed by atoms with E-state index in [9.17, 15) is 5.11 Å². The molecule has 2 aromatic rings. The standard InChI is InChI=1S/C16H18N4O3/c17-16-19-12(10-4-11(21)5-10)6-15(20-16)18-7-9-1-2-13-14(3-9)23-8-22-13/h1-3,6,10-11,21H,4-5,7-8H2,(H3,17,18,19,20). The molecule has 0 atom stereocenters. The highest BCUT2D eigenvalue weighted by Gasteiger charge is 2.30. The second-order valence-electron chi connectivity index (χ2n) is 5.90. The largest absolute Gasteiger partial charge is 0.454 e. The zero-order valence-electron chi connectivity index (χ0n) is 12.5. The maximum Gasteiger partial charge on any atom is 0.231 e. The highest BCUT2D eigenvalue weighted by atomic mass is 16.7. The molecule has 7 nitrogen and oxygen atoms in total. The third kappa shape index (κ3) is 2.87. The summed E-state index contributed by atoms with van der Waals surface area (Å²) in [5, 5.41) is 12.7. The lowest BCUT2D eigenvalue weighted by atomic mass is 9.80. The van der Waals surface area contributed by atoms with Gasteiger partial charge in [-0.25, -0.2) is 4.98 Å². The second-order valence-corrected chi connectivity index (χ2v) is 5.90. The fourth-order valence-electron chi connectivity index (χ4n) is 2.86. The number of aliphatic hydroxyl groups excluding tert-OH is 1. The van der Waals surface area contributed by atoms with E-state index >= 15 is 0 Å². The summed E-state index contributed by atoms with van der Waals surface area (Å²) in [6, 6.07) is 7.73. The van der Waals surface area contributed by atoms with Crippen LogP contribution in [0.25, 0.3) is 0 Å². The summed E-state index contributed by atoms with van der Waals surface area (Å²) >= 11 is 0. The molecule has 0 unspecified atom stereocenters. The predicted molar refractivity (Wildman–Crippen MR) is 84.3 cm³/mol. The van der Waals surface area contributed by atoms with E-state index in [-0.39, 0.29) is 24.8 Å². The summed E-state index contributed by atoms with van der Waals surface area (Å²) in [6.07, 6.45) is 1.25. The average molecular weight is 314 g/mol. The molecule has 1 fully saturated rings. The minimum Gasteiger partial charge on any atom is -0.454 e. The van der Waals surface area contributed by atoms with Crippen molar-refractivity contribution in [3.05, 3.63) is 35.5 Å². The maximum absolute atomic E-state index is 9.43. The lowest BCUT2D eigenvalue weighted by Crippen LogP contribution is -2.27. The quantitative estimate of drug-likeness (QED) is 0.788. The van der Waals surface area contributed by atoms with E-state index in [4.69, 9.17) is 15.2 Å². The van der Waals surface area contributed by atoms with Crippen LogP contribution >= 0.6 is 0 Å². The first-order chi connectivity index (χ1) is 11.2. The van der Waals surface area contributed by atoms with Gasteiger partial charge in [-0.3, -0.25) is 0 Å². The Morgan fingerprint density at radius 2 is 2.00 bits per heavy atom. The van der Waals surface area contributed by atoms with Gasteiger partial charge >= 0.3 is 0 Å². The summed E-state index contributed by atoms with van der Waals surface area (Å²) in [4.78, 5) is 8.49. The molecular formula is C16H18N4O3. The summed E-state index contributed by atoms with van der Waals surface area (Å²) in [5.41, 5.74) is 7.74. The molecule has 0 spiro atoms. The van der Waals surface area contributed by atoms with Crippen molar-refractivity contribution in [3.63, 3.8) is 0 Å². The molecule has 0 bridgehead atoms. The van der Waals surface area contributed by atoms with Crippen LogP contribution in [0.3, 0.4) is 0 Å². The molecule has 2 aliphatic rings. The van der Waals surface area contributed by atoms with Crippen LogP contribution in [0.2, 0.25) is 0 Å². The lowest BCUT2D eigenvalue weighted by molar-refractivity contribution is 0.0732. The molecule has 1 aliphatic heterocycles. The number of hydrogen-bond acceptors (Lipinski definition) is 7. The number of nitrogens with zero attached hydrogens (tertiary/aromatic N) is 2. The number of nitrogen functional groups attached to an aromatic ring is 1. The Labute approximate surface area is 133 Å². The molecule has 1 aliphatic carbocycles. The van der Waals surface area contributed by atoms with Gasteiger partial charge in [0.15, 0.2) is 11.5 Å². The third-order valence-corrected chi connectivity index (χ3v) is 4.21. The van der Waals surface area contributed by atoms with Gasteiger partial charge in [0.2, 0.25) is 12.7 Å². The van der Waals surface area contributed by atoms with Crippen LogP contribution in [0.5, 0.6) is 11.5 Å². The number of aliphatic hydroxyl groups is 1. The topological polar surface area (TPSA) is 103 Å². The Morgan fingerprint density at radius 1 is 1.17 bits per heavy atom. The van der Waals surface area contributed by atoms with Gasteiger partial charge in [-0.1, -0.05) is 6.07 Å². The Kier molecular flexibility index (Phi) is 3.42. The molecule has 1 aromatic heterocycles. The smallest absolute Gasteiger partial charge is 0.231 e. The van der Waals surface area contributed by atoms with E-state index in [1.54, 1.807) is 0 Å². The number of ether oxygens (including phenoxy) is 2. The summed E-state index contributed by atoms with van der Waals surface area (Å²) < 4.78 is 10.7. The van der Waals surface area contributed by atoms with E-state index in [2.05, 4.69) is 15.3 Å². The van der Waals surface area contributed by atoms with Crippen molar-refractivity contribution in [2.75, 3.05) is 17.8 Å². The third-order valence-electron chi connectivity index (χ3n) is 4.21. The van der Waals surface area contributed by atoms with E-state index in [0.29, 0.717) is 12.4 Å². The Balaban J connectivity index is 1.46. The number of benzene rings is 1. The number of hydrogen-bond donors (Lipinski definition) is 3. The minimum atomic E-state index is -0.221. The highest BCUT2D eigenvalue weighted by molar-refractivity contribution is 5.47. The van der Waals surface area contributed by atoms with Gasteiger partial charge in [0, 0.05) is 18.5 Å². The van der Waals surface area contributed by atoms with Crippen molar-refractivity contribution < 1.29 is 14.6 Å². The number of nitrogens with one attached hydrogen (secondary N) is 1. The van der Waals surface area contributed by atoms with Gasteiger partial charge in [0.05, 0.1) is 11.8 Å². The van der Waals surface area contributed by atoms with Crippen LogP contribution in [0, 0.1) is 0 Å². The van der Waals surface area contributed by atoms with Crippen LogP contribution in [0.1, 0.15) is 30.0 Å². The molecule has 1 aromatic carbocycles. The molecule has 0 saturated heterocycles. The van der Waals surface area contributed by atoms with E-state index < -0.39 is 0 Å². The van der Waals surface area contributed by atoms with Gasteiger partial charge in [-0.15, -0.1) is 0 Å². The van der Waals surface area contributed by atoms with E-state index in [1.165, 1.54) is 0 Å². The molecular weight excluding hydrogens is 296 g/mol. The Morgan fingerprint density at radius 3 is 2.83 bits per heavy atom. The van der Waals surface area contributed by atoms with Gasteiger partial charge in [0.1, 0.15) is 5.82 Å². The molecule has 4 rings (SSSR count). The van der Waals surface area contributed by atoms with Crippen molar-refractivity contribution >= 4 is 11.8 Å². The maximum atomic E-state index is 9.43. The van der Waals surface area contributed by atoms with Crippen molar-refractivity contribution in [2.24, 2.45) is 0 Å². The van der Waals surface area contributed by atoms with Crippen molar-refractivity contribution in [2.45, 2.75) is 31.4 Å². The Hall–Kier alpha value is -2.54. The molecule has 0 amide bonds. The number of rotatable bonds is 4. The van der Waals surface area contributed by atoms with Gasteiger partial charge in [-0.2, -0.15) is 4.98 Å². The molecule has 0 radical (unpaired) electrons. The minimum absolute atomic E-state index is 0.221. The van der Waals surface area contributed by atoms with Crippen molar-refractivity contribution in [3.8, 4) is 11.5 Å². The highest BCUT2D eigenvalue weighted by Crippen LogP contribution is 2.36. The summed E-state index contributed by atoms with van der Waals surface area (Å²) in [6.45, 7) is 0.866. The lowest BCUT2D eigenvalue weighted by Gasteiger charge is -2.30. The van der Waals surface area contributed by atoms with E-state index in [0.717, 1.165) is 35.6 Å². The first-order valence-corrected chi connectivity index (χ1v) is 7.62. The first-order valence-electron chi connectivity index (χ1n) is 7.62. The molecule has 2 heterocycles. The van der Waals surface area contributed by atoms with Crippen LogP contribution in [-0.2, 0) is 6.54 Å². The SMILES string of the molecule is Nc1nc(NCc2ccc3c(c2)OCO3)cc(C2CC(O)C2)n1. The number of aromatic nitrogens is 2. The Bertz CT molecular complexity index is 731. The van der Waals surface area contributed by atoms with Crippen LogP contribution in [0.15, 0.2) is 24.3 Å². The number of anilines is 2. The fraction of sp³-hybridized carbons (Fsp3) is 0.375. The van der Waals surface area contributed by atoms with Crippen molar-refractivity contribution in [1.29, 1.82) is 0 Å². The van der Waals surface area contributed by atoms with Crippen LogP contribution in [-0.4, -0.2) is 28.0 Å². The van der Waals surface area contributed by atoms with Crippen molar-refractivity contribution in [1.82, 2.24) is 9.97 Å².